The first-order valence-electron chi connectivity index (χ1n) is 21.6. The van der Waals surface area contributed by atoms with Crippen molar-refractivity contribution in [3.8, 4) is 0 Å². The van der Waals surface area contributed by atoms with Crippen molar-refractivity contribution >= 4 is 5.97 Å². The highest BCUT2D eigenvalue weighted by atomic mass is 16.7. The van der Waals surface area contributed by atoms with E-state index in [9.17, 15) is 30.3 Å². The van der Waals surface area contributed by atoms with E-state index in [2.05, 4.69) is 20.4 Å². The van der Waals surface area contributed by atoms with Gasteiger partial charge in [-0.05, 0) is 95.1 Å². The molecule has 0 radical (unpaired) electrons. The van der Waals surface area contributed by atoms with Gasteiger partial charge in [-0.3, -0.25) is 0 Å². The van der Waals surface area contributed by atoms with E-state index in [1.54, 1.807) is 6.08 Å². The third kappa shape index (κ3) is 9.15. The van der Waals surface area contributed by atoms with E-state index in [0.717, 1.165) is 50.7 Å². The van der Waals surface area contributed by atoms with Crippen LogP contribution in [0, 0.1) is 17.8 Å². The smallest absolute Gasteiger partial charge is 0.215 e. The molecule has 6 fully saturated rings. The van der Waals surface area contributed by atoms with E-state index in [1.165, 1.54) is 6.92 Å². The Bertz CT molecular complexity index is 1510. The maximum Gasteiger partial charge on any atom is 0.215 e. The van der Waals surface area contributed by atoms with Gasteiger partial charge in [0.15, 0.2) is 11.6 Å². The number of carboxylic acid groups (broad SMARTS) is 1. The lowest BCUT2D eigenvalue weighted by molar-refractivity contribution is -0.336. The average molecular weight is 804 g/mol. The third-order valence-corrected chi connectivity index (χ3v) is 14.0. The fourth-order valence-corrected chi connectivity index (χ4v) is 10.5. The van der Waals surface area contributed by atoms with Crippen molar-refractivity contribution in [1.82, 2.24) is 0 Å². The largest absolute Gasteiger partial charge is 0.547 e. The van der Waals surface area contributed by atoms with Crippen molar-refractivity contribution in [2.75, 3.05) is 6.61 Å². The highest BCUT2D eigenvalue weighted by Gasteiger charge is 2.55. The Kier molecular flexibility index (Phi) is 12.9. The monoisotopic (exact) mass is 803 g/mol. The third-order valence-electron chi connectivity index (χ3n) is 14.0. The fourth-order valence-electron chi connectivity index (χ4n) is 10.5. The minimum absolute atomic E-state index is 0.0441. The quantitative estimate of drug-likeness (QED) is 0.234. The molecule has 7 rings (SSSR count). The Morgan fingerprint density at radius 2 is 1.77 bits per heavy atom. The summed E-state index contributed by atoms with van der Waals surface area (Å²) in [6, 6.07) is 0. The normalized spacial score (nSPS) is 45.4. The van der Waals surface area contributed by atoms with Gasteiger partial charge in [-0.25, -0.2) is 0 Å². The summed E-state index contributed by atoms with van der Waals surface area (Å²) in [5, 5.41) is 56.0. The standard InChI is InChI=1S/C44H68O13/c1-25-21-34(55-44(23-25)35(46)12-11-31(54-44)24-41(6,50)40(48)49)26(2)9-10-30-14-18-43(53-30)19-15-33-39(57-43)36(47)29(5)38(52-33)32(45)22-28(4)37-27(3)13-17-42(56-37)16-7-8-20-51-42/h9-10,23,26-28,30-39,45-47,50H,5,7-8,11-22,24H2,1-4,6H3,(H,48,49)/p-1/b10-9+/t26-,27+,28+,30-,31+,32-,33+,34+,35-,36+,37-,38-,39+,41?,42-,43+,44-/m0/s1. The van der Waals surface area contributed by atoms with Gasteiger partial charge < -0.3 is 63.5 Å². The van der Waals surface area contributed by atoms with Gasteiger partial charge in [0.05, 0.1) is 49.2 Å². The molecule has 7 aliphatic rings. The Morgan fingerprint density at radius 3 is 2.51 bits per heavy atom. The summed E-state index contributed by atoms with van der Waals surface area (Å²) in [5.41, 5.74) is -0.677. The second-order valence-electron chi connectivity index (χ2n) is 18.9. The number of aliphatic hydroxyl groups excluding tert-OH is 3. The van der Waals surface area contributed by atoms with Crippen LogP contribution >= 0.6 is 0 Å². The fraction of sp³-hybridized carbons (Fsp3) is 0.841. The maximum atomic E-state index is 11.5. The highest BCUT2D eigenvalue weighted by Crippen LogP contribution is 2.47. The molecule has 0 aromatic heterocycles. The Balaban J connectivity index is 0.920. The van der Waals surface area contributed by atoms with Crippen molar-refractivity contribution in [2.24, 2.45) is 17.8 Å². The Morgan fingerprint density at radius 1 is 1.02 bits per heavy atom. The number of aliphatic carboxylic acids is 1. The van der Waals surface area contributed by atoms with Crippen LogP contribution in [0.4, 0.5) is 0 Å². The minimum Gasteiger partial charge on any atom is -0.547 e. The van der Waals surface area contributed by atoms with Gasteiger partial charge in [-0.2, -0.15) is 0 Å². The molecule has 13 heteroatoms. The molecule has 13 nitrogen and oxygen atoms in total. The molecule has 322 valence electrons. The van der Waals surface area contributed by atoms with Gasteiger partial charge in [0, 0.05) is 38.0 Å². The molecular weight excluding hydrogens is 736 g/mol. The molecule has 4 N–H and O–H groups in total. The predicted molar refractivity (Wildman–Crippen MR) is 205 cm³/mol. The number of aliphatic hydroxyl groups is 4. The van der Waals surface area contributed by atoms with Crippen molar-refractivity contribution in [1.29, 1.82) is 0 Å². The summed E-state index contributed by atoms with van der Waals surface area (Å²) in [6.45, 7) is 14.4. The number of carbonyl (C=O) groups is 1. The van der Waals surface area contributed by atoms with Crippen LogP contribution in [-0.2, 0) is 38.0 Å². The molecule has 6 saturated heterocycles. The molecule has 0 aromatic rings. The second-order valence-corrected chi connectivity index (χ2v) is 18.9. The van der Waals surface area contributed by atoms with Crippen molar-refractivity contribution in [3.63, 3.8) is 0 Å². The molecular formula is C44H67O13-. The van der Waals surface area contributed by atoms with Crippen LogP contribution in [0.25, 0.3) is 0 Å². The summed E-state index contributed by atoms with van der Waals surface area (Å²) in [5.74, 6) is -4.11. The summed E-state index contributed by atoms with van der Waals surface area (Å²) in [4.78, 5) is 11.5. The zero-order valence-corrected chi connectivity index (χ0v) is 34.5. The Labute approximate surface area is 337 Å². The first-order chi connectivity index (χ1) is 26.9. The zero-order valence-electron chi connectivity index (χ0n) is 34.5. The topological polar surface area (TPSA) is 186 Å². The number of fused-ring (bicyclic) bond motifs is 1. The molecule has 0 saturated carbocycles. The maximum absolute atomic E-state index is 11.5. The molecule has 1 unspecified atom stereocenters. The predicted octanol–water partition coefficient (Wildman–Crippen LogP) is 3.88. The van der Waals surface area contributed by atoms with Gasteiger partial charge in [-0.15, -0.1) is 0 Å². The minimum atomic E-state index is -2.07. The Hall–Kier alpha value is -1.75. The molecule has 0 aromatic carbocycles. The van der Waals surface area contributed by atoms with Crippen LogP contribution in [0.3, 0.4) is 0 Å². The van der Waals surface area contributed by atoms with Crippen molar-refractivity contribution in [2.45, 2.75) is 209 Å². The van der Waals surface area contributed by atoms with E-state index in [4.69, 9.17) is 33.2 Å². The summed E-state index contributed by atoms with van der Waals surface area (Å²) in [6.07, 6.45) is 9.10. The van der Waals surface area contributed by atoms with Crippen LogP contribution < -0.4 is 5.11 Å². The lowest BCUT2D eigenvalue weighted by atomic mass is 9.79. The molecule has 0 aliphatic carbocycles. The van der Waals surface area contributed by atoms with Gasteiger partial charge in [-0.1, -0.05) is 45.1 Å². The van der Waals surface area contributed by atoms with Gasteiger partial charge >= 0.3 is 0 Å². The van der Waals surface area contributed by atoms with E-state index in [0.29, 0.717) is 56.4 Å². The zero-order chi connectivity index (χ0) is 40.9. The number of rotatable bonds is 10. The lowest BCUT2D eigenvalue weighted by Gasteiger charge is -2.50. The summed E-state index contributed by atoms with van der Waals surface area (Å²) in [7, 11) is 0. The molecule has 3 spiro atoms. The molecule has 17 atom stereocenters. The van der Waals surface area contributed by atoms with Crippen molar-refractivity contribution in [3.05, 3.63) is 36.0 Å². The molecule has 0 amide bonds. The summed E-state index contributed by atoms with van der Waals surface area (Å²) >= 11 is 0. The van der Waals surface area contributed by atoms with Gasteiger partial charge in [0.2, 0.25) is 5.79 Å². The first-order valence-corrected chi connectivity index (χ1v) is 21.6. The van der Waals surface area contributed by atoms with Crippen molar-refractivity contribution < 1.29 is 63.5 Å². The number of carboxylic acids is 1. The highest BCUT2D eigenvalue weighted by molar-refractivity contribution is 5.74. The molecule has 7 heterocycles. The number of carbonyl (C=O) groups excluding carboxylic acids is 1. The van der Waals surface area contributed by atoms with E-state index < -0.39 is 71.7 Å². The van der Waals surface area contributed by atoms with Crippen LogP contribution in [0.5, 0.6) is 0 Å². The van der Waals surface area contributed by atoms with E-state index >= 15 is 0 Å². The van der Waals surface area contributed by atoms with Crippen LogP contribution in [-0.4, -0.2) is 117 Å². The van der Waals surface area contributed by atoms with Gasteiger partial charge in [0.1, 0.15) is 30.0 Å². The average Bonchev–Trinajstić information content (AvgIpc) is 3.56. The molecule has 0 bridgehead atoms. The molecule has 7 aliphatic heterocycles. The van der Waals surface area contributed by atoms with E-state index in [-0.39, 0.29) is 36.6 Å². The second kappa shape index (κ2) is 17.0. The first kappa shape index (κ1) is 43.3. The number of hydrogen-bond acceptors (Lipinski definition) is 13. The molecule has 57 heavy (non-hydrogen) atoms. The summed E-state index contributed by atoms with van der Waals surface area (Å²) < 4.78 is 45.2. The SMILES string of the molecule is C=C1[C@@H](O)[C@@H]2O[C@]3(CC[C@H](/C=C/[C@H](C)[C@H]4CC(C)=C[C@]5(O[C@@H](CC(C)(O)C(=O)[O-])CC[C@@H]5O)O4)O3)CC[C@H]2O[C@@H]1[C@@H](O)C[C@@H](C)[C@H]1O[C@@]2(CCCCO2)CC[C@H]1C. The van der Waals surface area contributed by atoms with Crippen LogP contribution in [0.15, 0.2) is 36.0 Å². The van der Waals surface area contributed by atoms with Gasteiger partial charge in [0.25, 0.3) is 0 Å². The van der Waals surface area contributed by atoms with E-state index in [1.807, 2.05) is 26.0 Å². The van der Waals surface area contributed by atoms with Crippen LogP contribution in [0.1, 0.15) is 125 Å². The number of ether oxygens (including phenoxy) is 7. The van der Waals surface area contributed by atoms with Crippen LogP contribution in [0.2, 0.25) is 0 Å². The number of hydrogen-bond donors (Lipinski definition) is 4. The lowest BCUT2D eigenvalue weighted by Crippen LogP contribution is -2.60.